The van der Waals surface area contributed by atoms with Crippen molar-refractivity contribution in [1.29, 1.82) is 0 Å². The molecule has 0 bridgehead atoms. The number of carbonyl (C=O) groups is 1. The number of carbonyl (C=O) groups excluding carboxylic acids is 1. The fraction of sp³-hybridized carbons (Fsp3) is 0.611. The van der Waals surface area contributed by atoms with Crippen molar-refractivity contribution in [3.8, 4) is 0 Å². The number of sulfonamides is 1. The maximum Gasteiger partial charge on any atom is 0.240 e. The SMILES string of the molecule is CCCC[C@H](CC)CNC(=O)CN(c1ccc(C)c(Cl)c1)S(C)(=O)=O. The molecule has 1 amide bonds. The zero-order chi connectivity index (χ0) is 19.0. The van der Waals surface area contributed by atoms with E-state index in [1.165, 1.54) is 0 Å². The lowest BCUT2D eigenvalue weighted by Crippen LogP contribution is -2.41. The highest BCUT2D eigenvalue weighted by molar-refractivity contribution is 7.92. The Morgan fingerprint density at radius 1 is 1.32 bits per heavy atom. The Kier molecular flexibility index (Phi) is 8.73. The van der Waals surface area contributed by atoms with Gasteiger partial charge in [0, 0.05) is 11.6 Å². The van der Waals surface area contributed by atoms with Crippen LogP contribution in [0.15, 0.2) is 18.2 Å². The van der Waals surface area contributed by atoms with Crippen molar-refractivity contribution in [2.24, 2.45) is 5.92 Å². The van der Waals surface area contributed by atoms with E-state index in [1.54, 1.807) is 18.2 Å². The molecule has 0 heterocycles. The van der Waals surface area contributed by atoms with E-state index in [0.717, 1.165) is 41.8 Å². The van der Waals surface area contributed by atoms with Crippen LogP contribution in [0.25, 0.3) is 0 Å². The Balaban J connectivity index is 2.79. The molecule has 0 aliphatic rings. The van der Waals surface area contributed by atoms with Crippen molar-refractivity contribution < 1.29 is 13.2 Å². The van der Waals surface area contributed by atoms with Gasteiger partial charge in [-0.2, -0.15) is 0 Å². The summed E-state index contributed by atoms with van der Waals surface area (Å²) in [6, 6.07) is 4.97. The second-order valence-corrected chi connectivity index (χ2v) is 8.74. The molecule has 1 rings (SSSR count). The fourth-order valence-electron chi connectivity index (χ4n) is 2.52. The lowest BCUT2D eigenvalue weighted by Gasteiger charge is -2.23. The first-order chi connectivity index (χ1) is 11.7. The van der Waals surface area contributed by atoms with Gasteiger partial charge in [-0.25, -0.2) is 8.42 Å². The van der Waals surface area contributed by atoms with E-state index in [9.17, 15) is 13.2 Å². The summed E-state index contributed by atoms with van der Waals surface area (Å²) in [5.41, 5.74) is 1.25. The molecule has 1 aromatic rings. The average Bonchev–Trinajstić information content (AvgIpc) is 2.54. The van der Waals surface area contributed by atoms with Crippen LogP contribution < -0.4 is 9.62 Å². The number of benzene rings is 1. The maximum absolute atomic E-state index is 12.3. The maximum atomic E-state index is 12.3. The zero-order valence-corrected chi connectivity index (χ0v) is 17.1. The number of hydrogen-bond acceptors (Lipinski definition) is 3. The summed E-state index contributed by atoms with van der Waals surface area (Å²) in [7, 11) is -3.59. The highest BCUT2D eigenvalue weighted by atomic mass is 35.5. The first-order valence-corrected chi connectivity index (χ1v) is 10.9. The summed E-state index contributed by atoms with van der Waals surface area (Å²) in [6.07, 6.45) is 5.40. The highest BCUT2D eigenvalue weighted by Gasteiger charge is 2.21. The van der Waals surface area contributed by atoms with Gasteiger partial charge in [0.2, 0.25) is 15.9 Å². The van der Waals surface area contributed by atoms with E-state index in [1.807, 2.05) is 6.92 Å². The lowest BCUT2D eigenvalue weighted by atomic mass is 9.99. The molecule has 1 aromatic carbocycles. The van der Waals surface area contributed by atoms with Crippen molar-refractivity contribution >= 4 is 33.2 Å². The molecule has 0 aromatic heterocycles. The zero-order valence-electron chi connectivity index (χ0n) is 15.5. The molecule has 142 valence electrons. The largest absolute Gasteiger partial charge is 0.354 e. The number of hydrogen-bond donors (Lipinski definition) is 1. The van der Waals surface area contributed by atoms with E-state index >= 15 is 0 Å². The minimum atomic E-state index is -3.59. The molecular weight excluding hydrogens is 360 g/mol. The quantitative estimate of drug-likeness (QED) is 0.663. The van der Waals surface area contributed by atoms with Gasteiger partial charge in [0.25, 0.3) is 0 Å². The second-order valence-electron chi connectivity index (χ2n) is 6.42. The minimum absolute atomic E-state index is 0.248. The molecule has 0 unspecified atom stereocenters. The topological polar surface area (TPSA) is 66.5 Å². The lowest BCUT2D eigenvalue weighted by molar-refractivity contribution is -0.119. The third-order valence-corrected chi connectivity index (χ3v) is 5.81. The number of amides is 1. The van der Waals surface area contributed by atoms with Crippen molar-refractivity contribution in [1.82, 2.24) is 5.32 Å². The summed E-state index contributed by atoms with van der Waals surface area (Å²) in [6.45, 7) is 6.40. The molecule has 0 fully saturated rings. The minimum Gasteiger partial charge on any atom is -0.354 e. The summed E-state index contributed by atoms with van der Waals surface area (Å²) < 4.78 is 25.3. The van der Waals surface area contributed by atoms with E-state index < -0.39 is 10.0 Å². The summed E-state index contributed by atoms with van der Waals surface area (Å²) >= 11 is 6.09. The molecule has 25 heavy (non-hydrogen) atoms. The van der Waals surface area contributed by atoms with Crippen LogP contribution >= 0.6 is 11.6 Å². The van der Waals surface area contributed by atoms with Crippen molar-refractivity contribution in [2.75, 3.05) is 23.7 Å². The van der Waals surface area contributed by atoms with Gasteiger partial charge in [0.05, 0.1) is 11.9 Å². The molecule has 7 heteroatoms. The van der Waals surface area contributed by atoms with Gasteiger partial charge in [-0.05, 0) is 37.0 Å². The summed E-state index contributed by atoms with van der Waals surface area (Å²) in [5.74, 6) is 0.112. The van der Waals surface area contributed by atoms with Crippen molar-refractivity contribution in [3.63, 3.8) is 0 Å². The molecule has 0 spiro atoms. The van der Waals surface area contributed by atoms with Crippen LogP contribution in [-0.2, 0) is 14.8 Å². The Bertz CT molecular complexity index is 677. The third kappa shape index (κ3) is 7.24. The third-order valence-electron chi connectivity index (χ3n) is 4.26. The molecule has 5 nitrogen and oxygen atoms in total. The highest BCUT2D eigenvalue weighted by Crippen LogP contribution is 2.24. The molecule has 0 radical (unpaired) electrons. The average molecular weight is 389 g/mol. The van der Waals surface area contributed by atoms with Crippen molar-refractivity contribution in [3.05, 3.63) is 28.8 Å². The van der Waals surface area contributed by atoms with Gasteiger partial charge in [0.15, 0.2) is 0 Å². The van der Waals surface area contributed by atoms with Crippen LogP contribution in [0.2, 0.25) is 5.02 Å². The molecule has 0 aliphatic heterocycles. The van der Waals surface area contributed by atoms with Gasteiger partial charge in [-0.3, -0.25) is 9.10 Å². The first-order valence-electron chi connectivity index (χ1n) is 8.69. The molecule has 0 saturated carbocycles. The van der Waals surface area contributed by atoms with E-state index in [2.05, 4.69) is 19.2 Å². The number of nitrogens with zero attached hydrogens (tertiary/aromatic N) is 1. The predicted octanol–water partition coefficient (Wildman–Crippen LogP) is 3.75. The van der Waals surface area contributed by atoms with Gasteiger partial charge in [-0.15, -0.1) is 0 Å². The Morgan fingerprint density at radius 2 is 2.00 bits per heavy atom. The number of rotatable bonds is 10. The monoisotopic (exact) mass is 388 g/mol. The number of anilines is 1. The van der Waals surface area contributed by atoms with Gasteiger partial charge in [0.1, 0.15) is 6.54 Å². The van der Waals surface area contributed by atoms with Crippen LogP contribution in [-0.4, -0.2) is 33.7 Å². The Morgan fingerprint density at radius 3 is 2.52 bits per heavy atom. The van der Waals surface area contributed by atoms with Crippen LogP contribution in [0.3, 0.4) is 0 Å². The molecule has 1 atom stereocenters. The number of aryl methyl sites for hydroxylation is 1. The Hall–Kier alpha value is -1.27. The molecular formula is C18H29ClN2O3S. The fourth-order valence-corrected chi connectivity index (χ4v) is 3.55. The van der Waals surface area contributed by atoms with E-state index in [4.69, 9.17) is 11.6 Å². The number of halogens is 1. The van der Waals surface area contributed by atoms with Gasteiger partial charge < -0.3 is 5.32 Å². The summed E-state index contributed by atoms with van der Waals surface area (Å²) in [4.78, 5) is 12.3. The smallest absolute Gasteiger partial charge is 0.240 e. The standard InChI is InChI=1S/C18H29ClN2O3S/c1-5-7-8-15(6-2)12-20-18(22)13-21(25(4,23)24)16-10-9-14(3)17(19)11-16/h9-11,15H,5-8,12-13H2,1-4H3,(H,20,22)/t15-/m0/s1. The molecule has 0 aliphatic carbocycles. The van der Waals surface area contributed by atoms with Crippen LogP contribution in [0, 0.1) is 12.8 Å². The Labute approximate surface area is 156 Å². The summed E-state index contributed by atoms with van der Waals surface area (Å²) in [5, 5.41) is 3.33. The number of nitrogens with one attached hydrogen (secondary N) is 1. The molecule has 1 N–H and O–H groups in total. The van der Waals surface area contributed by atoms with Crippen LogP contribution in [0.4, 0.5) is 5.69 Å². The van der Waals surface area contributed by atoms with E-state index in [-0.39, 0.29) is 12.5 Å². The van der Waals surface area contributed by atoms with Crippen LogP contribution in [0.5, 0.6) is 0 Å². The normalized spacial score (nSPS) is 12.7. The second kappa shape index (κ2) is 10.0. The van der Waals surface area contributed by atoms with Gasteiger partial charge >= 0.3 is 0 Å². The number of unbranched alkanes of at least 4 members (excludes halogenated alkanes) is 1. The van der Waals surface area contributed by atoms with E-state index in [0.29, 0.717) is 23.2 Å². The van der Waals surface area contributed by atoms with Gasteiger partial charge in [-0.1, -0.05) is 50.8 Å². The van der Waals surface area contributed by atoms with Crippen LogP contribution in [0.1, 0.15) is 45.1 Å². The first kappa shape index (κ1) is 21.8. The predicted molar refractivity (Wildman–Crippen MR) is 105 cm³/mol. The van der Waals surface area contributed by atoms with Crippen molar-refractivity contribution in [2.45, 2.75) is 46.5 Å². The molecule has 0 saturated heterocycles.